The molecule has 2 N–H and O–H groups in total. The summed E-state index contributed by atoms with van der Waals surface area (Å²) >= 11 is 12.3. The van der Waals surface area contributed by atoms with Crippen LogP contribution in [0.25, 0.3) is 0 Å². The number of benzene rings is 3. The largest absolute Gasteiger partial charge is 0.481 e. The van der Waals surface area contributed by atoms with Gasteiger partial charge in [0.05, 0.1) is 22.1 Å². The van der Waals surface area contributed by atoms with Crippen molar-refractivity contribution in [1.29, 1.82) is 0 Å². The minimum absolute atomic E-state index is 0.0248. The Bertz CT molecular complexity index is 1520. The van der Waals surface area contributed by atoms with Crippen LogP contribution in [-0.4, -0.2) is 40.9 Å². The van der Waals surface area contributed by atoms with E-state index in [1.54, 1.807) is 24.3 Å². The molecule has 0 saturated carbocycles. The summed E-state index contributed by atoms with van der Waals surface area (Å²) in [5.41, 5.74) is -1.79. The molecule has 192 valence electrons. The quantitative estimate of drug-likeness (QED) is 0.449. The smallest absolute Gasteiger partial charge is 0.311 e. The molecular formula is C27H17Cl2NO8. The second-order valence-electron chi connectivity index (χ2n) is 9.05. The first-order valence-corrected chi connectivity index (χ1v) is 12.2. The summed E-state index contributed by atoms with van der Waals surface area (Å²) in [6.45, 7) is 0.0248. The van der Waals surface area contributed by atoms with Crippen LogP contribution in [-0.2, 0) is 14.3 Å². The number of rotatable bonds is 4. The van der Waals surface area contributed by atoms with E-state index in [0.29, 0.717) is 17.2 Å². The van der Waals surface area contributed by atoms with Gasteiger partial charge in [0.1, 0.15) is 5.92 Å². The molecule has 1 fully saturated rings. The van der Waals surface area contributed by atoms with E-state index in [9.17, 15) is 24.3 Å². The molecular weight excluding hydrogens is 537 g/mol. The lowest BCUT2D eigenvalue weighted by molar-refractivity contribution is -0.147. The van der Waals surface area contributed by atoms with E-state index in [2.05, 4.69) is 5.32 Å². The van der Waals surface area contributed by atoms with Crippen molar-refractivity contribution in [2.24, 2.45) is 11.8 Å². The van der Waals surface area contributed by atoms with Gasteiger partial charge in [-0.2, -0.15) is 0 Å². The van der Waals surface area contributed by atoms with Crippen LogP contribution in [0.15, 0.2) is 60.7 Å². The number of carboxylic acid groups (broad SMARTS) is 1. The van der Waals surface area contributed by atoms with E-state index >= 15 is 0 Å². The number of aliphatic carboxylic acids is 1. The van der Waals surface area contributed by atoms with E-state index in [-0.39, 0.29) is 33.5 Å². The van der Waals surface area contributed by atoms with Gasteiger partial charge in [0.2, 0.25) is 29.9 Å². The Kier molecular flexibility index (Phi) is 5.68. The third-order valence-electron chi connectivity index (χ3n) is 7.01. The van der Waals surface area contributed by atoms with E-state index in [4.69, 9.17) is 37.4 Å². The highest BCUT2D eigenvalue weighted by Gasteiger charge is 2.71. The lowest BCUT2D eigenvalue weighted by Gasteiger charge is -2.25. The standard InChI is InChI=1S/C27H17Cl2NO8/c28-16-7-5-12(9-17(16)29)22-20(25(33)30-13-6-8-18-19(10-13)37-11-36-18)21(26(34)35)27(38-22)23(31)14-3-1-2-4-15(14)24(27)32/h1-10,20-22H,11H2,(H,30,33)(H,34,35)/t20-,21+,22?/m0/s1. The van der Waals surface area contributed by atoms with E-state index < -0.39 is 47.0 Å². The summed E-state index contributed by atoms with van der Waals surface area (Å²) in [4.78, 5) is 53.9. The van der Waals surface area contributed by atoms with Crippen LogP contribution < -0.4 is 14.8 Å². The molecule has 0 aromatic heterocycles. The molecule has 3 aromatic rings. The molecule has 1 unspecified atom stereocenters. The van der Waals surface area contributed by atoms with Gasteiger partial charge in [-0.15, -0.1) is 0 Å². The van der Waals surface area contributed by atoms with Crippen molar-refractivity contribution >= 4 is 52.3 Å². The van der Waals surface area contributed by atoms with Gasteiger partial charge in [-0.3, -0.25) is 19.2 Å². The summed E-state index contributed by atoms with van der Waals surface area (Å²) in [6, 6.07) is 15.1. The lowest BCUT2D eigenvalue weighted by Crippen LogP contribution is -2.52. The first-order chi connectivity index (χ1) is 18.2. The van der Waals surface area contributed by atoms with Crippen molar-refractivity contribution < 1.29 is 38.5 Å². The number of hydrogen-bond donors (Lipinski definition) is 2. The fourth-order valence-electron chi connectivity index (χ4n) is 5.33. The van der Waals surface area contributed by atoms with Crippen LogP contribution in [0.3, 0.4) is 0 Å². The average Bonchev–Trinajstić information content (AvgIpc) is 3.57. The number of ether oxygens (including phenoxy) is 3. The highest BCUT2D eigenvalue weighted by molar-refractivity contribution is 6.42. The van der Waals surface area contributed by atoms with Crippen LogP contribution in [0.1, 0.15) is 32.4 Å². The highest BCUT2D eigenvalue weighted by Crippen LogP contribution is 2.54. The number of anilines is 1. The van der Waals surface area contributed by atoms with Crippen LogP contribution in [0.5, 0.6) is 11.5 Å². The van der Waals surface area contributed by atoms with Gasteiger partial charge >= 0.3 is 5.97 Å². The van der Waals surface area contributed by atoms with Crippen molar-refractivity contribution in [3.05, 3.63) is 87.4 Å². The fraction of sp³-hybridized carbons (Fsp3) is 0.185. The molecule has 1 amide bonds. The second kappa shape index (κ2) is 8.83. The van der Waals surface area contributed by atoms with Gasteiger partial charge in [-0.25, -0.2) is 0 Å². The van der Waals surface area contributed by atoms with Gasteiger partial charge in [0.15, 0.2) is 11.5 Å². The Morgan fingerprint density at radius 3 is 2.24 bits per heavy atom. The Labute approximate surface area is 225 Å². The maximum absolute atomic E-state index is 13.8. The number of fused-ring (bicyclic) bond motifs is 2. The summed E-state index contributed by atoms with van der Waals surface area (Å²) in [6.07, 6.45) is -1.32. The zero-order chi connectivity index (χ0) is 26.8. The van der Waals surface area contributed by atoms with E-state index in [1.807, 2.05) is 0 Å². The molecule has 38 heavy (non-hydrogen) atoms. The van der Waals surface area contributed by atoms with Crippen molar-refractivity contribution in [2.45, 2.75) is 11.7 Å². The molecule has 6 rings (SSSR count). The maximum atomic E-state index is 13.8. The van der Waals surface area contributed by atoms with Crippen molar-refractivity contribution in [1.82, 2.24) is 0 Å². The summed E-state index contributed by atoms with van der Waals surface area (Å²) in [5.74, 6) is -6.39. The number of carboxylic acids is 1. The van der Waals surface area contributed by atoms with Crippen LogP contribution in [0.4, 0.5) is 5.69 Å². The van der Waals surface area contributed by atoms with Crippen LogP contribution >= 0.6 is 23.2 Å². The number of ketones is 2. The summed E-state index contributed by atoms with van der Waals surface area (Å²) in [7, 11) is 0. The third kappa shape index (κ3) is 3.50. The minimum atomic E-state index is -2.44. The third-order valence-corrected chi connectivity index (χ3v) is 7.75. The Balaban J connectivity index is 1.47. The minimum Gasteiger partial charge on any atom is -0.481 e. The first-order valence-electron chi connectivity index (χ1n) is 11.5. The monoisotopic (exact) mass is 553 g/mol. The van der Waals surface area contributed by atoms with Crippen molar-refractivity contribution in [3.63, 3.8) is 0 Å². The lowest BCUT2D eigenvalue weighted by atomic mass is 9.75. The number of nitrogens with one attached hydrogen (secondary N) is 1. The average molecular weight is 554 g/mol. The van der Waals surface area contributed by atoms with Gasteiger partial charge < -0.3 is 24.6 Å². The summed E-state index contributed by atoms with van der Waals surface area (Å²) in [5, 5.41) is 13.4. The van der Waals surface area contributed by atoms with Crippen molar-refractivity contribution in [2.75, 3.05) is 12.1 Å². The van der Waals surface area contributed by atoms with Crippen LogP contribution in [0.2, 0.25) is 10.0 Å². The van der Waals surface area contributed by atoms with Gasteiger partial charge in [-0.05, 0) is 29.8 Å². The first kappa shape index (κ1) is 24.4. The van der Waals surface area contributed by atoms with Gasteiger partial charge in [-0.1, -0.05) is 53.5 Å². The second-order valence-corrected chi connectivity index (χ2v) is 9.86. The molecule has 0 bridgehead atoms. The number of carbonyl (C=O) groups excluding carboxylic acids is 3. The van der Waals surface area contributed by atoms with E-state index in [1.165, 1.54) is 36.4 Å². The van der Waals surface area contributed by atoms with E-state index in [0.717, 1.165) is 0 Å². The van der Waals surface area contributed by atoms with Crippen molar-refractivity contribution in [3.8, 4) is 11.5 Å². The number of Topliss-reactive ketones (excluding diaryl/α,β-unsaturated/α-hetero) is 2. The predicted molar refractivity (Wildman–Crippen MR) is 134 cm³/mol. The maximum Gasteiger partial charge on any atom is 0.311 e. The van der Waals surface area contributed by atoms with Gasteiger partial charge in [0, 0.05) is 22.9 Å². The number of amides is 1. The fourth-order valence-corrected chi connectivity index (χ4v) is 5.63. The molecule has 3 aromatic carbocycles. The Morgan fingerprint density at radius 1 is 0.895 bits per heavy atom. The summed E-state index contributed by atoms with van der Waals surface area (Å²) < 4.78 is 16.8. The topological polar surface area (TPSA) is 128 Å². The zero-order valence-electron chi connectivity index (χ0n) is 19.3. The molecule has 1 spiro atoms. The molecule has 11 heteroatoms. The van der Waals surface area contributed by atoms with Gasteiger partial charge in [0.25, 0.3) is 0 Å². The zero-order valence-corrected chi connectivity index (χ0v) is 20.8. The predicted octanol–water partition coefficient (Wildman–Crippen LogP) is 4.57. The number of halogens is 2. The molecule has 3 atom stereocenters. The number of carbonyl (C=O) groups is 4. The Morgan fingerprint density at radius 2 is 1.58 bits per heavy atom. The van der Waals surface area contributed by atoms with Crippen LogP contribution in [0, 0.1) is 11.8 Å². The number of hydrogen-bond acceptors (Lipinski definition) is 7. The molecule has 2 aliphatic heterocycles. The molecule has 1 aliphatic carbocycles. The molecule has 3 aliphatic rings. The molecule has 0 radical (unpaired) electrons. The Hall–Kier alpha value is -3.92. The normalized spacial score (nSPS) is 22.5. The SMILES string of the molecule is O=C(Nc1ccc2c(c1)OCO2)[C@@H]1C(c2ccc(Cl)c(Cl)c2)OC2(C(=O)c3ccccc3C2=O)[C@H]1C(=O)O. The highest BCUT2D eigenvalue weighted by atomic mass is 35.5. The molecule has 9 nitrogen and oxygen atoms in total. The molecule has 2 heterocycles. The molecule has 1 saturated heterocycles.